The molecule has 1 aliphatic rings. The third-order valence-corrected chi connectivity index (χ3v) is 3.45. The van der Waals surface area contributed by atoms with Gasteiger partial charge in [0.1, 0.15) is 5.75 Å². The number of pyridine rings is 1. The maximum atomic E-state index is 5.58. The van der Waals surface area contributed by atoms with Gasteiger partial charge in [-0.2, -0.15) is 0 Å². The number of aromatic nitrogens is 1. The number of rotatable bonds is 3. The third-order valence-electron chi connectivity index (χ3n) is 3.45. The first-order valence-corrected chi connectivity index (χ1v) is 6.70. The zero-order valence-corrected chi connectivity index (χ0v) is 11.3. The minimum absolute atomic E-state index is 0.777. The molecule has 1 aromatic heterocycles. The molecule has 1 aromatic carbocycles. The molecule has 0 saturated carbocycles. The highest BCUT2D eigenvalue weighted by Crippen LogP contribution is 2.28. The largest absolute Gasteiger partial charge is 0.497 e. The zero-order valence-electron chi connectivity index (χ0n) is 11.3. The highest BCUT2D eigenvalue weighted by atomic mass is 16.7. The lowest BCUT2D eigenvalue weighted by molar-refractivity contribution is 0.166. The molecule has 0 bridgehead atoms. The van der Waals surface area contributed by atoms with Gasteiger partial charge >= 0.3 is 0 Å². The van der Waals surface area contributed by atoms with Gasteiger partial charge < -0.3 is 4.74 Å². The Labute approximate surface area is 112 Å². The van der Waals surface area contributed by atoms with Crippen LogP contribution in [-0.2, 0) is 11.3 Å². The lowest BCUT2D eigenvalue weighted by Gasteiger charge is -2.17. The Bertz CT molecular complexity index is 592. The fraction of sp³-hybridized carbons (Fsp3) is 0.400. The average Bonchev–Trinajstić information content (AvgIpc) is 2.99. The van der Waals surface area contributed by atoms with Crippen LogP contribution in [0.4, 0.5) is 5.82 Å². The van der Waals surface area contributed by atoms with Crippen molar-refractivity contribution in [2.75, 3.05) is 25.3 Å². The van der Waals surface area contributed by atoms with Crippen LogP contribution >= 0.6 is 0 Å². The molecule has 0 atom stereocenters. The molecule has 4 heteroatoms. The van der Waals surface area contributed by atoms with E-state index in [0.717, 1.165) is 48.6 Å². The SMILES string of the molecule is CCc1nc(N2CCCO2)cc2cc(OC)ccc12. The molecule has 0 amide bonds. The standard InChI is InChI=1S/C15H18N2O2/c1-3-14-13-6-5-12(18-2)9-11(13)10-15(16-14)17-7-4-8-19-17/h5-6,9-10H,3-4,7-8H2,1-2H3. The van der Waals surface area contributed by atoms with Gasteiger partial charge in [-0.25, -0.2) is 10.0 Å². The van der Waals surface area contributed by atoms with Crippen molar-refractivity contribution in [1.82, 2.24) is 4.98 Å². The van der Waals surface area contributed by atoms with Gasteiger partial charge in [0.15, 0.2) is 5.82 Å². The van der Waals surface area contributed by atoms with Gasteiger partial charge in [-0.3, -0.25) is 4.84 Å². The molecule has 19 heavy (non-hydrogen) atoms. The number of hydroxylamine groups is 1. The van der Waals surface area contributed by atoms with Gasteiger partial charge in [0.05, 0.1) is 19.4 Å². The molecule has 3 rings (SSSR count). The topological polar surface area (TPSA) is 34.6 Å². The number of methoxy groups -OCH3 is 1. The molecule has 1 aliphatic heterocycles. The Balaban J connectivity index is 2.13. The van der Waals surface area contributed by atoms with Gasteiger partial charge in [0, 0.05) is 11.9 Å². The summed E-state index contributed by atoms with van der Waals surface area (Å²) in [5.41, 5.74) is 1.10. The van der Waals surface area contributed by atoms with Gasteiger partial charge in [0.25, 0.3) is 0 Å². The van der Waals surface area contributed by atoms with Crippen LogP contribution in [0, 0.1) is 0 Å². The molecule has 1 fully saturated rings. The van der Waals surface area contributed by atoms with Crippen molar-refractivity contribution in [1.29, 1.82) is 0 Å². The number of nitrogens with zero attached hydrogens (tertiary/aromatic N) is 2. The summed E-state index contributed by atoms with van der Waals surface area (Å²) in [5, 5.41) is 4.22. The third kappa shape index (κ3) is 2.24. The van der Waals surface area contributed by atoms with E-state index in [2.05, 4.69) is 25.1 Å². The van der Waals surface area contributed by atoms with Gasteiger partial charge in [-0.1, -0.05) is 6.92 Å². The molecular formula is C15H18N2O2. The van der Waals surface area contributed by atoms with Crippen LogP contribution in [0.2, 0.25) is 0 Å². The zero-order chi connectivity index (χ0) is 13.2. The Morgan fingerprint density at radius 2 is 2.26 bits per heavy atom. The molecule has 4 nitrogen and oxygen atoms in total. The second-order valence-corrected chi connectivity index (χ2v) is 4.66. The molecule has 2 heterocycles. The van der Waals surface area contributed by atoms with Crippen LogP contribution in [0.15, 0.2) is 24.3 Å². The Morgan fingerprint density at radius 3 is 2.95 bits per heavy atom. The highest BCUT2D eigenvalue weighted by molar-refractivity contribution is 5.88. The summed E-state index contributed by atoms with van der Waals surface area (Å²) in [6.45, 7) is 3.81. The second-order valence-electron chi connectivity index (χ2n) is 4.66. The van der Waals surface area contributed by atoms with E-state index in [4.69, 9.17) is 14.6 Å². The van der Waals surface area contributed by atoms with Crippen molar-refractivity contribution in [3.8, 4) is 5.75 Å². The Morgan fingerprint density at radius 1 is 1.37 bits per heavy atom. The minimum Gasteiger partial charge on any atom is -0.497 e. The fourth-order valence-corrected chi connectivity index (χ4v) is 2.45. The molecule has 100 valence electrons. The lowest BCUT2D eigenvalue weighted by Crippen LogP contribution is -2.18. The molecule has 0 N–H and O–H groups in total. The van der Waals surface area contributed by atoms with Crippen molar-refractivity contribution in [2.24, 2.45) is 0 Å². The van der Waals surface area contributed by atoms with E-state index < -0.39 is 0 Å². The first-order valence-electron chi connectivity index (χ1n) is 6.70. The number of aryl methyl sites for hydroxylation is 1. The van der Waals surface area contributed by atoms with Crippen molar-refractivity contribution in [2.45, 2.75) is 19.8 Å². The molecule has 0 unspecified atom stereocenters. The van der Waals surface area contributed by atoms with E-state index in [1.807, 2.05) is 11.1 Å². The summed E-state index contributed by atoms with van der Waals surface area (Å²) in [6.07, 6.45) is 1.96. The van der Waals surface area contributed by atoms with Crippen molar-refractivity contribution in [3.05, 3.63) is 30.0 Å². The highest BCUT2D eigenvalue weighted by Gasteiger charge is 2.16. The predicted molar refractivity (Wildman–Crippen MR) is 75.6 cm³/mol. The summed E-state index contributed by atoms with van der Waals surface area (Å²) in [5.74, 6) is 1.77. The van der Waals surface area contributed by atoms with Gasteiger partial charge in [-0.05, 0) is 42.5 Å². The summed E-state index contributed by atoms with van der Waals surface area (Å²) in [6, 6.07) is 8.18. The quantitative estimate of drug-likeness (QED) is 0.847. The predicted octanol–water partition coefficient (Wildman–Crippen LogP) is 2.95. The Hall–Kier alpha value is -1.81. The number of anilines is 1. The maximum absolute atomic E-state index is 5.58. The summed E-state index contributed by atoms with van der Waals surface area (Å²) >= 11 is 0. The number of hydrogen-bond donors (Lipinski definition) is 0. The second kappa shape index (κ2) is 5.05. The molecule has 1 saturated heterocycles. The molecule has 0 radical (unpaired) electrons. The van der Waals surface area contributed by atoms with Gasteiger partial charge in [-0.15, -0.1) is 0 Å². The van der Waals surface area contributed by atoms with Crippen LogP contribution < -0.4 is 9.80 Å². The van der Waals surface area contributed by atoms with E-state index >= 15 is 0 Å². The summed E-state index contributed by atoms with van der Waals surface area (Å²) in [7, 11) is 1.69. The molecular weight excluding hydrogens is 240 g/mol. The number of ether oxygens (including phenoxy) is 1. The van der Waals surface area contributed by atoms with Crippen LogP contribution in [0.25, 0.3) is 10.8 Å². The van der Waals surface area contributed by atoms with Crippen LogP contribution in [-0.4, -0.2) is 25.2 Å². The molecule has 0 spiro atoms. The van der Waals surface area contributed by atoms with Crippen molar-refractivity contribution in [3.63, 3.8) is 0 Å². The molecule has 0 aliphatic carbocycles. The average molecular weight is 258 g/mol. The van der Waals surface area contributed by atoms with E-state index in [1.165, 1.54) is 5.39 Å². The van der Waals surface area contributed by atoms with Crippen LogP contribution in [0.1, 0.15) is 19.0 Å². The lowest BCUT2D eigenvalue weighted by atomic mass is 10.1. The maximum Gasteiger partial charge on any atom is 0.153 e. The van der Waals surface area contributed by atoms with E-state index in [9.17, 15) is 0 Å². The van der Waals surface area contributed by atoms with Crippen molar-refractivity contribution >= 4 is 16.6 Å². The van der Waals surface area contributed by atoms with Gasteiger partial charge in [0.2, 0.25) is 0 Å². The first kappa shape index (κ1) is 12.2. The van der Waals surface area contributed by atoms with Crippen LogP contribution in [0.5, 0.6) is 5.75 Å². The first-order chi connectivity index (χ1) is 9.31. The Kier molecular flexibility index (Phi) is 3.25. The van der Waals surface area contributed by atoms with E-state index in [1.54, 1.807) is 7.11 Å². The number of hydrogen-bond acceptors (Lipinski definition) is 4. The smallest absolute Gasteiger partial charge is 0.153 e. The molecule has 2 aromatic rings. The number of benzene rings is 1. The monoisotopic (exact) mass is 258 g/mol. The summed E-state index contributed by atoms with van der Waals surface area (Å²) < 4.78 is 5.30. The van der Waals surface area contributed by atoms with E-state index in [0.29, 0.717) is 0 Å². The number of fused-ring (bicyclic) bond motifs is 1. The summed E-state index contributed by atoms with van der Waals surface area (Å²) in [4.78, 5) is 10.3. The van der Waals surface area contributed by atoms with E-state index in [-0.39, 0.29) is 0 Å². The fourth-order valence-electron chi connectivity index (χ4n) is 2.45. The normalized spacial score (nSPS) is 15.2. The van der Waals surface area contributed by atoms with Crippen LogP contribution in [0.3, 0.4) is 0 Å². The van der Waals surface area contributed by atoms with Crippen molar-refractivity contribution < 1.29 is 9.57 Å². The minimum atomic E-state index is 0.777.